The highest BCUT2D eigenvalue weighted by Gasteiger charge is 2.43. The van der Waals surface area contributed by atoms with Crippen molar-refractivity contribution in [1.29, 1.82) is 0 Å². The number of benzene rings is 2. The number of amides is 1. The lowest BCUT2D eigenvalue weighted by Gasteiger charge is -2.38. The molecule has 1 fully saturated rings. The number of aliphatic hydroxyl groups is 1. The first-order valence-electron chi connectivity index (χ1n) is 8.40. The Morgan fingerprint density at radius 2 is 1.88 bits per heavy atom. The van der Waals surface area contributed by atoms with E-state index in [1.54, 1.807) is 11.8 Å². The molecule has 0 aromatic heterocycles. The molecule has 2 aliphatic rings. The molecule has 1 amide bonds. The van der Waals surface area contributed by atoms with E-state index < -0.39 is 5.60 Å². The van der Waals surface area contributed by atoms with Crippen molar-refractivity contribution in [2.45, 2.75) is 24.5 Å². The summed E-state index contributed by atoms with van der Waals surface area (Å²) in [7, 11) is 0. The normalized spacial score (nSPS) is 26.2. The lowest BCUT2D eigenvalue weighted by molar-refractivity contribution is -0.150. The second-order valence-corrected chi connectivity index (χ2v) is 7.79. The number of fused-ring (bicyclic) bond motifs is 1. The Labute approximate surface area is 146 Å². The highest BCUT2D eigenvalue weighted by molar-refractivity contribution is 7.99. The standard InChI is InChI=1S/C20H21NO2S/c22-19(20(23)10-11-24-14-20)21-12-16-8-4-5-9-17(16)18(13-21)15-6-2-1-3-7-15/h1-9,18,23H,10-14H2. The van der Waals surface area contributed by atoms with E-state index >= 15 is 0 Å². The maximum Gasteiger partial charge on any atom is 0.255 e. The molecule has 4 heteroatoms. The van der Waals surface area contributed by atoms with Crippen LogP contribution in [-0.2, 0) is 11.3 Å². The van der Waals surface area contributed by atoms with Crippen LogP contribution < -0.4 is 0 Å². The van der Waals surface area contributed by atoms with Crippen molar-refractivity contribution < 1.29 is 9.90 Å². The van der Waals surface area contributed by atoms with Crippen LogP contribution in [0.2, 0.25) is 0 Å². The fourth-order valence-electron chi connectivity index (χ4n) is 3.75. The molecule has 1 N–H and O–H groups in total. The van der Waals surface area contributed by atoms with E-state index in [4.69, 9.17) is 0 Å². The van der Waals surface area contributed by atoms with Gasteiger partial charge in [-0.2, -0.15) is 11.8 Å². The lowest BCUT2D eigenvalue weighted by atomic mass is 9.84. The maximum absolute atomic E-state index is 13.0. The van der Waals surface area contributed by atoms with E-state index in [9.17, 15) is 9.90 Å². The van der Waals surface area contributed by atoms with Crippen LogP contribution in [0.3, 0.4) is 0 Å². The number of nitrogens with zero attached hydrogens (tertiary/aromatic N) is 1. The van der Waals surface area contributed by atoms with Crippen LogP contribution in [0, 0.1) is 0 Å². The van der Waals surface area contributed by atoms with Gasteiger partial charge in [0.15, 0.2) is 5.60 Å². The highest BCUT2D eigenvalue weighted by atomic mass is 32.2. The Bertz CT molecular complexity index is 740. The van der Waals surface area contributed by atoms with E-state index in [0.29, 0.717) is 25.3 Å². The highest BCUT2D eigenvalue weighted by Crippen LogP contribution is 2.36. The fourth-order valence-corrected chi connectivity index (χ4v) is 4.98. The van der Waals surface area contributed by atoms with E-state index in [1.807, 2.05) is 29.2 Å². The van der Waals surface area contributed by atoms with Gasteiger partial charge in [-0.15, -0.1) is 0 Å². The number of thioether (sulfide) groups is 1. The van der Waals surface area contributed by atoms with Crippen LogP contribution in [0.5, 0.6) is 0 Å². The largest absolute Gasteiger partial charge is 0.379 e. The summed E-state index contributed by atoms with van der Waals surface area (Å²) in [5.74, 6) is 1.43. The third kappa shape index (κ3) is 2.74. The van der Waals surface area contributed by atoms with Crippen molar-refractivity contribution >= 4 is 17.7 Å². The van der Waals surface area contributed by atoms with Gasteiger partial charge in [-0.1, -0.05) is 54.6 Å². The molecule has 0 saturated carbocycles. The molecule has 1 saturated heterocycles. The van der Waals surface area contributed by atoms with Crippen LogP contribution in [0.4, 0.5) is 0 Å². The summed E-state index contributed by atoms with van der Waals surface area (Å²) >= 11 is 1.66. The summed E-state index contributed by atoms with van der Waals surface area (Å²) < 4.78 is 0. The molecule has 3 nitrogen and oxygen atoms in total. The molecule has 2 aliphatic heterocycles. The average molecular weight is 339 g/mol. The van der Waals surface area contributed by atoms with Gasteiger partial charge in [0, 0.05) is 24.8 Å². The van der Waals surface area contributed by atoms with E-state index in [1.165, 1.54) is 16.7 Å². The van der Waals surface area contributed by atoms with Gasteiger partial charge in [0.2, 0.25) is 0 Å². The summed E-state index contributed by atoms with van der Waals surface area (Å²) in [5, 5.41) is 10.7. The Kier molecular flexibility index (Phi) is 4.10. The molecule has 4 rings (SSSR count). The Balaban J connectivity index is 1.69. The van der Waals surface area contributed by atoms with Gasteiger partial charge in [0.05, 0.1) is 0 Å². The Hall–Kier alpha value is -1.78. The number of hydrogen-bond donors (Lipinski definition) is 1. The molecule has 0 aliphatic carbocycles. The number of rotatable bonds is 2. The molecular formula is C20H21NO2S. The second-order valence-electron chi connectivity index (χ2n) is 6.68. The zero-order valence-electron chi connectivity index (χ0n) is 13.5. The summed E-state index contributed by atoms with van der Waals surface area (Å²) in [5.41, 5.74) is 2.51. The molecule has 0 radical (unpaired) electrons. The summed E-state index contributed by atoms with van der Waals surface area (Å²) in [6.45, 7) is 1.22. The first-order chi connectivity index (χ1) is 11.7. The van der Waals surface area contributed by atoms with Crippen molar-refractivity contribution in [1.82, 2.24) is 4.90 Å². The third-order valence-corrected chi connectivity index (χ3v) is 6.26. The van der Waals surface area contributed by atoms with E-state index in [-0.39, 0.29) is 11.8 Å². The molecule has 2 aromatic rings. The van der Waals surface area contributed by atoms with Crippen molar-refractivity contribution in [3.8, 4) is 0 Å². The summed E-state index contributed by atoms with van der Waals surface area (Å²) in [4.78, 5) is 14.8. The minimum absolute atomic E-state index is 0.108. The van der Waals surface area contributed by atoms with Gasteiger partial charge in [-0.25, -0.2) is 0 Å². The first-order valence-corrected chi connectivity index (χ1v) is 9.55. The van der Waals surface area contributed by atoms with Gasteiger partial charge < -0.3 is 10.0 Å². The van der Waals surface area contributed by atoms with Crippen LogP contribution in [-0.4, -0.2) is 39.6 Å². The average Bonchev–Trinajstić information content (AvgIpc) is 3.08. The summed E-state index contributed by atoms with van der Waals surface area (Å²) in [6.07, 6.45) is 0.560. The van der Waals surface area contributed by atoms with E-state index in [2.05, 4.69) is 30.3 Å². The minimum Gasteiger partial charge on any atom is -0.379 e. The Morgan fingerprint density at radius 3 is 2.62 bits per heavy atom. The van der Waals surface area contributed by atoms with Gasteiger partial charge in [-0.05, 0) is 28.9 Å². The van der Waals surface area contributed by atoms with Crippen LogP contribution in [0.25, 0.3) is 0 Å². The van der Waals surface area contributed by atoms with Gasteiger partial charge in [-0.3, -0.25) is 4.79 Å². The van der Waals surface area contributed by atoms with Crippen LogP contribution >= 0.6 is 11.8 Å². The maximum atomic E-state index is 13.0. The molecule has 2 aromatic carbocycles. The van der Waals surface area contributed by atoms with Crippen molar-refractivity contribution in [2.24, 2.45) is 0 Å². The van der Waals surface area contributed by atoms with Gasteiger partial charge in [0.1, 0.15) is 0 Å². The predicted molar refractivity (Wildman–Crippen MR) is 97.0 cm³/mol. The second kappa shape index (κ2) is 6.26. The van der Waals surface area contributed by atoms with Gasteiger partial charge >= 0.3 is 0 Å². The monoisotopic (exact) mass is 339 g/mol. The van der Waals surface area contributed by atoms with Crippen molar-refractivity contribution in [3.63, 3.8) is 0 Å². The lowest BCUT2D eigenvalue weighted by Crippen LogP contribution is -2.51. The van der Waals surface area contributed by atoms with Gasteiger partial charge in [0.25, 0.3) is 5.91 Å². The molecule has 24 heavy (non-hydrogen) atoms. The fraction of sp³-hybridized carbons (Fsp3) is 0.350. The first kappa shape index (κ1) is 15.7. The zero-order valence-corrected chi connectivity index (χ0v) is 14.3. The number of hydrogen-bond acceptors (Lipinski definition) is 3. The number of carbonyl (C=O) groups excluding carboxylic acids is 1. The van der Waals surface area contributed by atoms with Crippen LogP contribution in [0.1, 0.15) is 29.0 Å². The molecule has 2 atom stereocenters. The number of carbonyl (C=O) groups is 1. The molecule has 0 bridgehead atoms. The Morgan fingerprint density at radius 1 is 1.12 bits per heavy atom. The molecule has 0 spiro atoms. The molecule has 124 valence electrons. The third-order valence-electron chi connectivity index (χ3n) is 5.08. The minimum atomic E-state index is -1.18. The topological polar surface area (TPSA) is 40.5 Å². The quantitative estimate of drug-likeness (QED) is 0.914. The van der Waals surface area contributed by atoms with E-state index in [0.717, 1.165) is 5.75 Å². The SMILES string of the molecule is O=C(N1Cc2ccccc2C(c2ccccc2)C1)C1(O)CCSC1. The molecule has 2 unspecified atom stereocenters. The van der Waals surface area contributed by atoms with Crippen molar-refractivity contribution in [2.75, 3.05) is 18.1 Å². The molecular weight excluding hydrogens is 318 g/mol. The van der Waals surface area contributed by atoms with Crippen LogP contribution in [0.15, 0.2) is 54.6 Å². The summed E-state index contributed by atoms with van der Waals surface area (Å²) in [6, 6.07) is 18.7. The smallest absolute Gasteiger partial charge is 0.255 e. The molecule has 2 heterocycles. The zero-order chi connectivity index (χ0) is 16.6. The predicted octanol–water partition coefficient (Wildman–Crippen LogP) is 3.03. The van der Waals surface area contributed by atoms with Crippen molar-refractivity contribution in [3.05, 3.63) is 71.3 Å².